The number of rotatable bonds is 7. The number of aliphatic hydroxyl groups is 1. The van der Waals surface area contributed by atoms with E-state index in [2.05, 4.69) is 20.6 Å². The largest absolute Gasteiger partial charge is 0.453 e. The number of fused-ring (bicyclic) bond motifs is 1. The Morgan fingerprint density at radius 1 is 1.13 bits per heavy atom. The molecular formula is C27H24FN5O4S. The summed E-state index contributed by atoms with van der Waals surface area (Å²) in [7, 11) is 0. The quantitative estimate of drug-likeness (QED) is 0.318. The van der Waals surface area contributed by atoms with E-state index in [-0.39, 0.29) is 23.7 Å². The first-order chi connectivity index (χ1) is 18.4. The number of likely N-dealkylation sites (tertiary alicyclic amines) is 1. The van der Waals surface area contributed by atoms with Crippen molar-refractivity contribution in [1.82, 2.24) is 20.2 Å². The first-order valence-corrected chi connectivity index (χ1v) is 13.1. The zero-order valence-corrected chi connectivity index (χ0v) is 21.0. The van der Waals surface area contributed by atoms with Crippen LogP contribution in [0.1, 0.15) is 24.8 Å². The lowest BCUT2D eigenvalue weighted by atomic mass is 10.2. The maximum atomic E-state index is 14.8. The minimum absolute atomic E-state index is 0.0321. The number of amides is 3. The van der Waals surface area contributed by atoms with E-state index in [4.69, 9.17) is 4.74 Å². The molecule has 0 bridgehead atoms. The number of ether oxygens (including phenoxy) is 1. The van der Waals surface area contributed by atoms with E-state index in [0.717, 1.165) is 33.7 Å². The van der Waals surface area contributed by atoms with Crippen molar-refractivity contribution in [1.29, 1.82) is 0 Å². The molecule has 4 heterocycles. The van der Waals surface area contributed by atoms with Crippen LogP contribution < -0.4 is 15.4 Å². The molecule has 11 heteroatoms. The van der Waals surface area contributed by atoms with E-state index in [1.165, 1.54) is 23.5 Å². The second kappa shape index (κ2) is 9.99. The number of aromatic nitrogens is 2. The van der Waals surface area contributed by atoms with E-state index in [1.807, 2.05) is 18.2 Å². The van der Waals surface area contributed by atoms with Crippen LogP contribution >= 0.6 is 11.3 Å². The number of halogens is 1. The highest BCUT2D eigenvalue weighted by Crippen LogP contribution is 2.39. The Bertz CT molecular complexity index is 1520. The van der Waals surface area contributed by atoms with Crippen LogP contribution in [0.2, 0.25) is 0 Å². The van der Waals surface area contributed by atoms with E-state index < -0.39 is 11.9 Å². The van der Waals surface area contributed by atoms with E-state index >= 15 is 0 Å². The van der Waals surface area contributed by atoms with Crippen molar-refractivity contribution in [2.24, 2.45) is 0 Å². The van der Waals surface area contributed by atoms with Crippen LogP contribution in [0.4, 0.5) is 14.9 Å². The van der Waals surface area contributed by atoms with E-state index in [0.29, 0.717) is 36.5 Å². The Morgan fingerprint density at radius 2 is 2.00 bits per heavy atom. The molecule has 1 aliphatic carbocycles. The molecule has 2 fully saturated rings. The predicted octanol–water partition coefficient (Wildman–Crippen LogP) is 4.67. The van der Waals surface area contributed by atoms with Gasteiger partial charge in [0.15, 0.2) is 11.6 Å². The number of hydrogen-bond donors (Lipinski definition) is 3. The number of carbonyl (C=O) groups excluding carboxylic acids is 2. The summed E-state index contributed by atoms with van der Waals surface area (Å²) in [6.45, 7) is 0.933. The van der Waals surface area contributed by atoms with Crippen molar-refractivity contribution in [3.8, 4) is 22.1 Å². The molecule has 1 saturated heterocycles. The molecule has 1 saturated carbocycles. The minimum atomic E-state index is -0.911. The Labute approximate surface area is 221 Å². The number of pyridine rings is 2. The van der Waals surface area contributed by atoms with Crippen molar-refractivity contribution in [2.75, 3.05) is 11.9 Å². The van der Waals surface area contributed by atoms with Gasteiger partial charge in [0.05, 0.1) is 20.8 Å². The number of thiophene rings is 1. The van der Waals surface area contributed by atoms with Gasteiger partial charge in [0.1, 0.15) is 11.9 Å². The third-order valence-electron chi connectivity index (χ3n) is 6.42. The summed E-state index contributed by atoms with van der Waals surface area (Å²) < 4.78 is 21.5. The second-order valence-corrected chi connectivity index (χ2v) is 10.4. The van der Waals surface area contributed by atoms with Gasteiger partial charge in [-0.05, 0) is 49.1 Å². The highest BCUT2D eigenvalue weighted by Gasteiger charge is 2.29. The molecule has 4 aromatic rings. The van der Waals surface area contributed by atoms with Crippen LogP contribution in [0, 0.1) is 5.82 Å². The molecule has 0 radical (unpaired) electrons. The molecule has 3 aromatic heterocycles. The number of aliphatic hydroxyl groups excluding tert-OH is 1. The fourth-order valence-electron chi connectivity index (χ4n) is 4.25. The summed E-state index contributed by atoms with van der Waals surface area (Å²) in [5, 5.41) is 15.1. The number of carbonyl (C=O) groups is 2. The molecule has 9 nitrogen and oxygen atoms in total. The fraction of sp³-hybridized carbons (Fsp3) is 0.259. The average molecular weight is 534 g/mol. The molecule has 3 amide bonds. The lowest BCUT2D eigenvalue weighted by Crippen LogP contribution is -2.30. The normalized spacial score (nSPS) is 17.2. The van der Waals surface area contributed by atoms with Crippen molar-refractivity contribution >= 4 is 39.2 Å². The topological polar surface area (TPSA) is 117 Å². The van der Waals surface area contributed by atoms with Crippen molar-refractivity contribution in [3.63, 3.8) is 0 Å². The highest BCUT2D eigenvalue weighted by molar-refractivity contribution is 7.22. The lowest BCUT2D eigenvalue weighted by Gasteiger charge is -2.15. The number of anilines is 1. The van der Waals surface area contributed by atoms with E-state index in [1.54, 1.807) is 29.4 Å². The third kappa shape index (κ3) is 5.15. The molecule has 194 valence electrons. The third-order valence-corrected chi connectivity index (χ3v) is 7.58. The van der Waals surface area contributed by atoms with Crippen LogP contribution in [0.15, 0.2) is 54.9 Å². The summed E-state index contributed by atoms with van der Waals surface area (Å²) in [6.07, 6.45) is 4.79. The molecular weight excluding hydrogens is 509 g/mol. The van der Waals surface area contributed by atoms with Gasteiger partial charge in [0, 0.05) is 49.3 Å². The summed E-state index contributed by atoms with van der Waals surface area (Å²) in [4.78, 5) is 35.4. The molecule has 6 rings (SSSR count). The highest BCUT2D eigenvalue weighted by atomic mass is 32.1. The molecule has 0 unspecified atom stereocenters. The first kappa shape index (κ1) is 24.3. The summed E-state index contributed by atoms with van der Waals surface area (Å²) in [5.41, 5.74) is 2.64. The van der Waals surface area contributed by atoms with Gasteiger partial charge in [-0.3, -0.25) is 14.8 Å². The summed E-state index contributed by atoms with van der Waals surface area (Å²) in [5.74, 6) is -0.361. The van der Waals surface area contributed by atoms with Crippen LogP contribution in [-0.4, -0.2) is 50.6 Å². The van der Waals surface area contributed by atoms with Crippen LogP contribution in [0.25, 0.3) is 20.8 Å². The first-order valence-electron chi connectivity index (χ1n) is 12.3. The number of benzene rings is 1. The number of urea groups is 1. The molecule has 0 spiro atoms. The average Bonchev–Trinajstić information content (AvgIpc) is 3.51. The molecule has 1 aromatic carbocycles. The van der Waals surface area contributed by atoms with Crippen molar-refractivity contribution in [3.05, 3.63) is 66.2 Å². The maximum absolute atomic E-state index is 14.8. The molecule has 3 N–H and O–H groups in total. The number of hydrogen-bond acceptors (Lipinski definition) is 7. The van der Waals surface area contributed by atoms with Gasteiger partial charge in [-0.15, -0.1) is 11.3 Å². The molecule has 38 heavy (non-hydrogen) atoms. The number of nitrogens with one attached hydrogen (secondary N) is 2. The summed E-state index contributed by atoms with van der Waals surface area (Å²) >= 11 is 1.43. The Balaban J connectivity index is 1.17. The van der Waals surface area contributed by atoms with Crippen LogP contribution in [0.5, 0.6) is 11.5 Å². The maximum Gasteiger partial charge on any atom is 0.319 e. The number of nitrogens with zero attached hydrogens (tertiary/aromatic N) is 3. The van der Waals surface area contributed by atoms with Gasteiger partial charge in [0.2, 0.25) is 0 Å². The van der Waals surface area contributed by atoms with Gasteiger partial charge in [-0.2, -0.15) is 0 Å². The standard InChI is InChI=1S/C27H24FN5O4S/c28-18-11-17(32-27(36)31-16-2-3-16)4-6-22(18)37-23-7-9-29-20-12-24(38-25(20)23)19-5-1-15(13-30-19)14-33-10-8-21(34)26(33)35/h1,4-7,9,11-13,16,21,34H,2-3,8,10,14H2,(H2,31,32,36)/t21-/m0/s1. The predicted molar refractivity (Wildman–Crippen MR) is 141 cm³/mol. The zero-order chi connectivity index (χ0) is 26.2. The fourth-order valence-corrected chi connectivity index (χ4v) is 5.29. The molecule has 1 aliphatic heterocycles. The summed E-state index contributed by atoms with van der Waals surface area (Å²) in [6, 6.07) is 11.5. The monoisotopic (exact) mass is 533 g/mol. The van der Waals surface area contributed by atoms with Crippen LogP contribution in [-0.2, 0) is 11.3 Å². The molecule has 2 aliphatic rings. The van der Waals surface area contributed by atoms with Gasteiger partial charge in [-0.25, -0.2) is 9.18 Å². The van der Waals surface area contributed by atoms with Crippen molar-refractivity contribution in [2.45, 2.75) is 38.0 Å². The van der Waals surface area contributed by atoms with Gasteiger partial charge < -0.3 is 25.4 Å². The van der Waals surface area contributed by atoms with Crippen molar-refractivity contribution < 1.29 is 23.8 Å². The van der Waals surface area contributed by atoms with E-state index in [9.17, 15) is 19.1 Å². The second-order valence-electron chi connectivity index (χ2n) is 9.37. The zero-order valence-electron chi connectivity index (χ0n) is 20.2. The smallest absolute Gasteiger partial charge is 0.319 e. The lowest BCUT2D eigenvalue weighted by molar-refractivity contribution is -0.134. The minimum Gasteiger partial charge on any atom is -0.453 e. The SMILES string of the molecule is O=C(Nc1ccc(Oc2ccnc3cc(-c4ccc(CN5CC[C@H](O)C5=O)cn4)sc23)c(F)c1)NC1CC1. The Hall–Kier alpha value is -4.09. The van der Waals surface area contributed by atoms with Gasteiger partial charge in [0.25, 0.3) is 5.91 Å². The van der Waals surface area contributed by atoms with Gasteiger partial charge >= 0.3 is 6.03 Å². The van der Waals surface area contributed by atoms with Crippen LogP contribution in [0.3, 0.4) is 0 Å². The Morgan fingerprint density at radius 3 is 2.71 bits per heavy atom. The molecule has 1 atom stereocenters. The Kier molecular flexibility index (Phi) is 6.38. The van der Waals surface area contributed by atoms with Gasteiger partial charge in [-0.1, -0.05) is 6.07 Å².